The molecule has 0 aliphatic carbocycles. The number of aryl methyl sites for hydroxylation is 2. The molecule has 0 amide bonds. The summed E-state index contributed by atoms with van der Waals surface area (Å²) in [4.78, 5) is 0. The molecule has 0 fully saturated rings. The van der Waals surface area contributed by atoms with E-state index in [1.165, 1.54) is 27.8 Å². The lowest BCUT2D eigenvalue weighted by Crippen LogP contribution is -1.99. The van der Waals surface area contributed by atoms with E-state index in [4.69, 9.17) is 4.74 Å². The topological polar surface area (TPSA) is 9.23 Å². The Morgan fingerprint density at radius 3 is 2.13 bits per heavy atom. The van der Waals surface area contributed by atoms with Gasteiger partial charge in [-0.3, -0.25) is 0 Å². The van der Waals surface area contributed by atoms with E-state index in [0.29, 0.717) is 6.61 Å². The summed E-state index contributed by atoms with van der Waals surface area (Å²) < 4.78 is 6.16. The Labute approximate surface area is 138 Å². The Hall–Kier alpha value is -2.54. The fourth-order valence-corrected chi connectivity index (χ4v) is 2.81. The number of rotatable bonds is 5. The minimum Gasteiger partial charge on any atom is -0.488 e. The number of ether oxygens (including phenoxy) is 1. The zero-order valence-corrected chi connectivity index (χ0v) is 13.8. The van der Waals surface area contributed by atoms with Gasteiger partial charge in [-0.25, -0.2) is 0 Å². The molecular weight excluding hydrogens is 280 g/mol. The van der Waals surface area contributed by atoms with Crippen molar-refractivity contribution in [3.05, 3.63) is 89.5 Å². The van der Waals surface area contributed by atoms with Crippen LogP contribution in [0.4, 0.5) is 0 Å². The van der Waals surface area contributed by atoms with Crippen molar-refractivity contribution in [1.82, 2.24) is 0 Å². The molecule has 0 unspecified atom stereocenters. The van der Waals surface area contributed by atoms with Crippen LogP contribution < -0.4 is 4.74 Å². The zero-order valence-electron chi connectivity index (χ0n) is 13.8. The van der Waals surface area contributed by atoms with E-state index in [9.17, 15) is 0 Å². The van der Waals surface area contributed by atoms with E-state index in [1.54, 1.807) is 0 Å². The SMILES string of the molecule is CCc1cc(-c2ccccc2)c(OCc2ccccc2)cc1C. The molecule has 3 rings (SSSR count). The van der Waals surface area contributed by atoms with Crippen LogP contribution in [-0.4, -0.2) is 0 Å². The van der Waals surface area contributed by atoms with Crippen molar-refractivity contribution >= 4 is 0 Å². The summed E-state index contributed by atoms with van der Waals surface area (Å²) in [5.41, 5.74) is 6.21. The molecular formula is C22H22O. The molecule has 0 N–H and O–H groups in total. The van der Waals surface area contributed by atoms with Crippen LogP contribution in [0.2, 0.25) is 0 Å². The number of hydrogen-bond donors (Lipinski definition) is 0. The first-order valence-electron chi connectivity index (χ1n) is 8.13. The fraction of sp³-hybridized carbons (Fsp3) is 0.182. The summed E-state index contributed by atoms with van der Waals surface area (Å²) >= 11 is 0. The van der Waals surface area contributed by atoms with Crippen molar-refractivity contribution in [2.45, 2.75) is 26.9 Å². The Balaban J connectivity index is 1.96. The molecule has 0 aliphatic rings. The smallest absolute Gasteiger partial charge is 0.127 e. The van der Waals surface area contributed by atoms with Gasteiger partial charge in [-0.15, -0.1) is 0 Å². The second-order valence-electron chi connectivity index (χ2n) is 5.77. The maximum Gasteiger partial charge on any atom is 0.127 e. The van der Waals surface area contributed by atoms with E-state index >= 15 is 0 Å². The van der Waals surface area contributed by atoms with Gasteiger partial charge in [0.2, 0.25) is 0 Å². The molecule has 0 saturated heterocycles. The van der Waals surface area contributed by atoms with Crippen molar-refractivity contribution in [2.24, 2.45) is 0 Å². The summed E-state index contributed by atoms with van der Waals surface area (Å²) in [6.45, 7) is 4.94. The van der Waals surface area contributed by atoms with E-state index in [1.807, 2.05) is 24.3 Å². The van der Waals surface area contributed by atoms with Gasteiger partial charge in [0.25, 0.3) is 0 Å². The van der Waals surface area contributed by atoms with Gasteiger partial charge in [-0.2, -0.15) is 0 Å². The van der Waals surface area contributed by atoms with Gasteiger partial charge >= 0.3 is 0 Å². The van der Waals surface area contributed by atoms with Crippen LogP contribution in [0.1, 0.15) is 23.6 Å². The van der Waals surface area contributed by atoms with Crippen LogP contribution >= 0.6 is 0 Å². The third-order valence-corrected chi connectivity index (χ3v) is 4.14. The summed E-state index contributed by atoms with van der Waals surface area (Å²) in [7, 11) is 0. The molecule has 0 bridgehead atoms. The predicted octanol–water partition coefficient (Wildman–Crippen LogP) is 5.80. The average molecular weight is 302 g/mol. The Morgan fingerprint density at radius 2 is 1.48 bits per heavy atom. The maximum atomic E-state index is 6.16. The van der Waals surface area contributed by atoms with Crippen LogP contribution in [0.3, 0.4) is 0 Å². The van der Waals surface area contributed by atoms with Gasteiger partial charge in [-0.05, 0) is 47.7 Å². The minimum absolute atomic E-state index is 0.589. The first kappa shape index (κ1) is 15.4. The molecule has 1 heteroatoms. The summed E-state index contributed by atoms with van der Waals surface area (Å²) in [5.74, 6) is 0.953. The van der Waals surface area contributed by atoms with Gasteiger partial charge in [0.05, 0.1) is 0 Å². The number of hydrogen-bond acceptors (Lipinski definition) is 1. The van der Waals surface area contributed by atoms with Gasteiger partial charge in [0, 0.05) is 5.56 Å². The van der Waals surface area contributed by atoms with Gasteiger partial charge in [-0.1, -0.05) is 67.6 Å². The summed E-state index contributed by atoms with van der Waals surface area (Å²) in [6.07, 6.45) is 1.03. The molecule has 0 spiro atoms. The fourth-order valence-electron chi connectivity index (χ4n) is 2.81. The number of benzene rings is 3. The highest BCUT2D eigenvalue weighted by Gasteiger charge is 2.10. The molecule has 0 radical (unpaired) electrons. The molecule has 1 nitrogen and oxygen atoms in total. The molecule has 0 heterocycles. The third-order valence-electron chi connectivity index (χ3n) is 4.14. The Bertz CT molecular complexity index is 761. The van der Waals surface area contributed by atoms with E-state index in [2.05, 4.69) is 62.4 Å². The summed E-state index contributed by atoms with van der Waals surface area (Å²) in [5, 5.41) is 0. The van der Waals surface area contributed by atoms with Crippen molar-refractivity contribution in [1.29, 1.82) is 0 Å². The lowest BCUT2D eigenvalue weighted by atomic mass is 9.97. The molecule has 116 valence electrons. The van der Waals surface area contributed by atoms with Gasteiger partial charge < -0.3 is 4.74 Å². The van der Waals surface area contributed by atoms with E-state index in [-0.39, 0.29) is 0 Å². The van der Waals surface area contributed by atoms with Crippen molar-refractivity contribution in [3.8, 4) is 16.9 Å². The Morgan fingerprint density at radius 1 is 0.826 bits per heavy atom. The standard InChI is InChI=1S/C22H22O/c1-3-19-15-21(20-12-8-5-9-13-20)22(14-17(19)2)23-16-18-10-6-4-7-11-18/h4-15H,3,16H2,1-2H3. The quantitative estimate of drug-likeness (QED) is 0.578. The van der Waals surface area contributed by atoms with E-state index in [0.717, 1.165) is 12.2 Å². The van der Waals surface area contributed by atoms with Gasteiger partial charge in [0.1, 0.15) is 12.4 Å². The van der Waals surface area contributed by atoms with E-state index < -0.39 is 0 Å². The van der Waals surface area contributed by atoms with Crippen molar-refractivity contribution in [2.75, 3.05) is 0 Å². The second kappa shape index (κ2) is 7.15. The predicted molar refractivity (Wildman–Crippen MR) is 96.8 cm³/mol. The van der Waals surface area contributed by atoms with Crippen molar-refractivity contribution in [3.63, 3.8) is 0 Å². The Kier molecular flexibility index (Phi) is 4.77. The average Bonchev–Trinajstić information content (AvgIpc) is 2.61. The zero-order chi connectivity index (χ0) is 16.1. The molecule has 3 aromatic carbocycles. The molecule has 0 saturated carbocycles. The highest BCUT2D eigenvalue weighted by molar-refractivity contribution is 5.72. The van der Waals surface area contributed by atoms with Crippen LogP contribution in [-0.2, 0) is 13.0 Å². The highest BCUT2D eigenvalue weighted by Crippen LogP contribution is 2.33. The lowest BCUT2D eigenvalue weighted by Gasteiger charge is -2.15. The molecule has 23 heavy (non-hydrogen) atoms. The second-order valence-corrected chi connectivity index (χ2v) is 5.77. The minimum atomic E-state index is 0.589. The van der Waals surface area contributed by atoms with Gasteiger partial charge in [0.15, 0.2) is 0 Å². The first-order valence-corrected chi connectivity index (χ1v) is 8.13. The van der Waals surface area contributed by atoms with Crippen LogP contribution in [0.15, 0.2) is 72.8 Å². The van der Waals surface area contributed by atoms with Crippen LogP contribution in [0.25, 0.3) is 11.1 Å². The third kappa shape index (κ3) is 3.62. The van der Waals surface area contributed by atoms with Crippen molar-refractivity contribution < 1.29 is 4.74 Å². The largest absolute Gasteiger partial charge is 0.488 e. The normalized spacial score (nSPS) is 10.5. The molecule has 0 atom stereocenters. The highest BCUT2D eigenvalue weighted by atomic mass is 16.5. The molecule has 0 aliphatic heterocycles. The molecule has 0 aromatic heterocycles. The van der Waals surface area contributed by atoms with Crippen LogP contribution in [0.5, 0.6) is 5.75 Å². The molecule has 3 aromatic rings. The monoisotopic (exact) mass is 302 g/mol. The lowest BCUT2D eigenvalue weighted by molar-refractivity contribution is 0.307. The first-order chi connectivity index (χ1) is 11.3. The van der Waals surface area contributed by atoms with Crippen LogP contribution in [0, 0.1) is 6.92 Å². The summed E-state index contributed by atoms with van der Waals surface area (Å²) in [6, 6.07) is 25.2. The maximum absolute atomic E-state index is 6.16.